The molecule has 0 unspecified atom stereocenters. The molecule has 0 aliphatic carbocycles. The lowest BCUT2D eigenvalue weighted by atomic mass is 10.1. The second kappa shape index (κ2) is 5.42. The van der Waals surface area contributed by atoms with Gasteiger partial charge in [-0.2, -0.15) is 0 Å². The van der Waals surface area contributed by atoms with Crippen LogP contribution in [-0.2, 0) is 6.54 Å². The first-order valence-corrected chi connectivity index (χ1v) is 8.10. The van der Waals surface area contributed by atoms with Crippen LogP contribution in [0.15, 0.2) is 23.2 Å². The predicted molar refractivity (Wildman–Crippen MR) is 86.7 cm³/mol. The van der Waals surface area contributed by atoms with E-state index in [4.69, 9.17) is 5.73 Å². The van der Waals surface area contributed by atoms with E-state index in [2.05, 4.69) is 9.97 Å². The molecular weight excluding hydrogens is 304 g/mol. The Kier molecular flexibility index (Phi) is 3.60. The average Bonchev–Trinajstić information content (AvgIpc) is 3.07. The Morgan fingerprint density at radius 1 is 1.43 bits per heavy atom. The van der Waals surface area contributed by atoms with Crippen molar-refractivity contribution in [3.63, 3.8) is 0 Å². The summed E-state index contributed by atoms with van der Waals surface area (Å²) in [5, 5.41) is 2.82. The van der Waals surface area contributed by atoms with Crippen molar-refractivity contribution in [3.8, 4) is 0 Å². The van der Waals surface area contributed by atoms with E-state index in [0.717, 1.165) is 21.5 Å². The summed E-state index contributed by atoms with van der Waals surface area (Å²) >= 11 is 2.86. The molecule has 3 heterocycles. The maximum atomic E-state index is 12.6. The predicted octanol–water partition coefficient (Wildman–Crippen LogP) is 2.92. The van der Waals surface area contributed by atoms with Gasteiger partial charge in [0, 0.05) is 24.0 Å². The Hall–Kier alpha value is -1.99. The van der Waals surface area contributed by atoms with E-state index in [1.807, 2.05) is 18.4 Å². The molecule has 108 valence electrons. The zero-order valence-electron chi connectivity index (χ0n) is 11.7. The summed E-state index contributed by atoms with van der Waals surface area (Å²) in [5.74, 6) is -0.0945. The van der Waals surface area contributed by atoms with Crippen LogP contribution in [0.2, 0.25) is 0 Å². The van der Waals surface area contributed by atoms with E-state index in [9.17, 15) is 4.79 Å². The molecule has 0 saturated carbocycles. The number of carbonyl (C=O) groups excluding carboxylic acids is 1. The number of aryl methyl sites for hydroxylation is 1. The summed E-state index contributed by atoms with van der Waals surface area (Å²) in [5.41, 5.74) is 10.4. The third-order valence-corrected chi connectivity index (χ3v) is 5.00. The first kappa shape index (κ1) is 14.0. The third-order valence-electron chi connectivity index (χ3n) is 3.26. The molecular formula is C14H14N4OS2. The van der Waals surface area contributed by atoms with Crippen LogP contribution in [0.1, 0.15) is 20.9 Å². The summed E-state index contributed by atoms with van der Waals surface area (Å²) in [6.07, 6.45) is 1.74. The van der Waals surface area contributed by atoms with Crippen molar-refractivity contribution in [1.29, 1.82) is 0 Å². The highest BCUT2D eigenvalue weighted by Gasteiger charge is 2.21. The fourth-order valence-corrected chi connectivity index (χ4v) is 3.85. The molecule has 5 nitrogen and oxygen atoms in total. The Bertz CT molecular complexity index is 795. The van der Waals surface area contributed by atoms with Crippen molar-refractivity contribution < 1.29 is 4.79 Å². The minimum absolute atomic E-state index is 0.0945. The number of anilines is 1. The van der Waals surface area contributed by atoms with Crippen molar-refractivity contribution in [1.82, 2.24) is 14.9 Å². The van der Waals surface area contributed by atoms with Gasteiger partial charge in [-0.15, -0.1) is 22.7 Å². The summed E-state index contributed by atoms with van der Waals surface area (Å²) in [6.45, 7) is 2.45. The summed E-state index contributed by atoms with van der Waals surface area (Å²) in [7, 11) is 1.76. The second-order valence-corrected chi connectivity index (χ2v) is 6.51. The van der Waals surface area contributed by atoms with Crippen molar-refractivity contribution in [3.05, 3.63) is 39.3 Å². The number of carbonyl (C=O) groups is 1. The molecule has 0 bridgehead atoms. The molecule has 0 spiro atoms. The van der Waals surface area contributed by atoms with Gasteiger partial charge in [-0.1, -0.05) is 0 Å². The molecule has 3 rings (SSSR count). The highest BCUT2D eigenvalue weighted by molar-refractivity contribution is 7.21. The average molecular weight is 318 g/mol. The molecule has 0 aromatic carbocycles. The van der Waals surface area contributed by atoms with Gasteiger partial charge in [-0.25, -0.2) is 9.97 Å². The van der Waals surface area contributed by atoms with Crippen LogP contribution >= 0.6 is 22.7 Å². The van der Waals surface area contributed by atoms with Gasteiger partial charge in [0.25, 0.3) is 5.91 Å². The lowest BCUT2D eigenvalue weighted by Gasteiger charge is -2.15. The molecule has 7 heteroatoms. The lowest BCUT2D eigenvalue weighted by Crippen LogP contribution is -2.26. The normalized spacial score (nSPS) is 11.0. The number of fused-ring (bicyclic) bond motifs is 1. The van der Waals surface area contributed by atoms with Gasteiger partial charge in [0.2, 0.25) is 0 Å². The van der Waals surface area contributed by atoms with E-state index < -0.39 is 0 Å². The highest BCUT2D eigenvalue weighted by atomic mass is 32.1. The van der Waals surface area contributed by atoms with Gasteiger partial charge in [-0.3, -0.25) is 4.79 Å². The number of nitrogens with two attached hydrogens (primary N) is 1. The first-order valence-electron chi connectivity index (χ1n) is 6.34. The Morgan fingerprint density at radius 2 is 2.24 bits per heavy atom. The van der Waals surface area contributed by atoms with Crippen LogP contribution in [0, 0.1) is 6.92 Å². The topological polar surface area (TPSA) is 72.1 Å². The molecule has 0 aliphatic rings. The second-order valence-electron chi connectivity index (χ2n) is 4.79. The SMILES string of the molecule is Cc1ccnc2sc(C(=O)N(C)Cc3cscn3)c(N)c12. The molecule has 2 N–H and O–H groups in total. The maximum Gasteiger partial charge on any atom is 0.266 e. The Balaban J connectivity index is 1.94. The van der Waals surface area contributed by atoms with Crippen molar-refractivity contribution in [2.45, 2.75) is 13.5 Å². The van der Waals surface area contributed by atoms with Gasteiger partial charge in [-0.05, 0) is 18.6 Å². The van der Waals surface area contributed by atoms with Crippen LogP contribution in [0.4, 0.5) is 5.69 Å². The number of hydrogen-bond acceptors (Lipinski definition) is 6. The molecule has 0 atom stereocenters. The Morgan fingerprint density at radius 3 is 2.90 bits per heavy atom. The monoisotopic (exact) mass is 318 g/mol. The zero-order valence-corrected chi connectivity index (χ0v) is 13.3. The van der Waals surface area contributed by atoms with Crippen molar-refractivity contribution in [2.75, 3.05) is 12.8 Å². The Labute approximate surface area is 130 Å². The summed E-state index contributed by atoms with van der Waals surface area (Å²) in [4.78, 5) is 24.1. The fraction of sp³-hybridized carbons (Fsp3) is 0.214. The number of pyridine rings is 1. The standard InChI is InChI=1S/C14H14N4OS2/c1-8-3-4-16-13-10(8)11(15)12(21-13)14(19)18(2)5-9-6-20-7-17-9/h3-4,6-7H,5,15H2,1-2H3. The van der Waals surface area contributed by atoms with E-state index in [-0.39, 0.29) is 5.91 Å². The molecule has 0 aliphatic heterocycles. The van der Waals surface area contributed by atoms with Crippen LogP contribution in [0.5, 0.6) is 0 Å². The van der Waals surface area contributed by atoms with Crippen LogP contribution < -0.4 is 5.73 Å². The smallest absolute Gasteiger partial charge is 0.266 e. The molecule has 0 fully saturated rings. The van der Waals surface area contributed by atoms with Gasteiger partial charge in [0.1, 0.15) is 9.71 Å². The van der Waals surface area contributed by atoms with Crippen LogP contribution in [0.25, 0.3) is 10.2 Å². The molecule has 3 aromatic rings. The van der Waals surface area contributed by atoms with E-state index in [0.29, 0.717) is 17.1 Å². The number of thiophene rings is 1. The fourth-order valence-electron chi connectivity index (χ4n) is 2.17. The number of amides is 1. The number of nitrogen functional groups attached to an aromatic ring is 1. The number of rotatable bonds is 3. The molecule has 3 aromatic heterocycles. The molecule has 21 heavy (non-hydrogen) atoms. The molecule has 0 saturated heterocycles. The van der Waals surface area contributed by atoms with Gasteiger partial charge in [0.15, 0.2) is 0 Å². The van der Waals surface area contributed by atoms with Crippen LogP contribution in [0.3, 0.4) is 0 Å². The lowest BCUT2D eigenvalue weighted by molar-refractivity contribution is 0.0789. The third kappa shape index (κ3) is 2.50. The highest BCUT2D eigenvalue weighted by Crippen LogP contribution is 2.35. The minimum Gasteiger partial charge on any atom is -0.397 e. The maximum absolute atomic E-state index is 12.6. The van der Waals surface area contributed by atoms with Crippen LogP contribution in [-0.4, -0.2) is 27.8 Å². The van der Waals surface area contributed by atoms with E-state index in [1.54, 1.807) is 23.7 Å². The van der Waals surface area contributed by atoms with Crippen molar-refractivity contribution >= 4 is 44.5 Å². The number of thiazole rings is 1. The number of aromatic nitrogens is 2. The molecule has 0 radical (unpaired) electrons. The first-order chi connectivity index (χ1) is 10.1. The number of hydrogen-bond donors (Lipinski definition) is 1. The van der Waals surface area contributed by atoms with E-state index in [1.165, 1.54) is 22.7 Å². The molecule has 1 amide bonds. The van der Waals surface area contributed by atoms with Gasteiger partial charge >= 0.3 is 0 Å². The van der Waals surface area contributed by atoms with Gasteiger partial charge in [0.05, 0.1) is 23.4 Å². The van der Waals surface area contributed by atoms with Gasteiger partial charge < -0.3 is 10.6 Å². The number of nitrogens with zero attached hydrogens (tertiary/aromatic N) is 3. The van der Waals surface area contributed by atoms with E-state index >= 15 is 0 Å². The summed E-state index contributed by atoms with van der Waals surface area (Å²) < 4.78 is 0. The zero-order chi connectivity index (χ0) is 15.0. The van der Waals surface area contributed by atoms with Crippen molar-refractivity contribution in [2.24, 2.45) is 0 Å². The largest absolute Gasteiger partial charge is 0.397 e. The quantitative estimate of drug-likeness (QED) is 0.806. The minimum atomic E-state index is -0.0945. The summed E-state index contributed by atoms with van der Waals surface area (Å²) in [6, 6.07) is 1.90.